The summed E-state index contributed by atoms with van der Waals surface area (Å²) >= 11 is 0. The molecule has 0 bridgehead atoms. The molecule has 56 valence electrons. The first kappa shape index (κ1) is 9.22. The largest absolute Gasteiger partial charge is 0.103 e. The van der Waals surface area contributed by atoms with E-state index in [2.05, 4.69) is 38.7 Å². The Kier molecular flexibility index (Phi) is 5.85. The molecule has 0 atom stereocenters. The molecule has 0 radical (unpaired) electrons. The Morgan fingerprint density at radius 1 is 1.40 bits per heavy atom. The van der Waals surface area contributed by atoms with E-state index >= 15 is 0 Å². The zero-order chi connectivity index (χ0) is 7.82. The van der Waals surface area contributed by atoms with Gasteiger partial charge in [-0.25, -0.2) is 0 Å². The maximum absolute atomic E-state index is 3.63. The Morgan fingerprint density at radius 3 is 2.60 bits per heavy atom. The van der Waals surface area contributed by atoms with E-state index in [0.717, 1.165) is 12.8 Å². The van der Waals surface area contributed by atoms with E-state index in [-0.39, 0.29) is 0 Å². The minimum atomic E-state index is 0.983. The van der Waals surface area contributed by atoms with Gasteiger partial charge in [-0.15, -0.1) is 6.58 Å². The fourth-order valence-electron chi connectivity index (χ4n) is 0.580. The molecular formula is C10H16. The van der Waals surface area contributed by atoms with Crippen molar-refractivity contribution in [3.05, 3.63) is 36.5 Å². The maximum atomic E-state index is 3.63. The summed E-state index contributed by atoms with van der Waals surface area (Å²) in [5, 5.41) is 0. The van der Waals surface area contributed by atoms with Crippen molar-refractivity contribution in [2.24, 2.45) is 0 Å². The van der Waals surface area contributed by atoms with E-state index in [1.165, 1.54) is 5.57 Å². The van der Waals surface area contributed by atoms with Gasteiger partial charge in [-0.05, 0) is 26.7 Å². The molecule has 0 saturated heterocycles. The first-order valence-corrected chi connectivity index (χ1v) is 3.69. The van der Waals surface area contributed by atoms with Gasteiger partial charge in [-0.3, -0.25) is 0 Å². The van der Waals surface area contributed by atoms with Crippen LogP contribution in [0.3, 0.4) is 0 Å². The second-order valence-electron chi connectivity index (χ2n) is 2.33. The molecule has 0 fully saturated rings. The Balaban J connectivity index is 3.43. The first-order chi connectivity index (χ1) is 4.81. The fourth-order valence-corrected chi connectivity index (χ4v) is 0.580. The van der Waals surface area contributed by atoms with Gasteiger partial charge >= 0.3 is 0 Å². The lowest BCUT2D eigenvalue weighted by Crippen LogP contribution is -1.69. The van der Waals surface area contributed by atoms with Crippen molar-refractivity contribution < 1.29 is 0 Å². The highest BCUT2D eigenvalue weighted by Gasteiger charge is 1.79. The first-order valence-electron chi connectivity index (χ1n) is 3.69. The predicted octanol–water partition coefficient (Wildman–Crippen LogP) is 3.48. The molecule has 0 aromatic heterocycles. The van der Waals surface area contributed by atoms with E-state index in [4.69, 9.17) is 0 Å². The van der Waals surface area contributed by atoms with Crippen molar-refractivity contribution in [2.75, 3.05) is 0 Å². The summed E-state index contributed by atoms with van der Waals surface area (Å²) in [6.45, 7) is 7.83. The van der Waals surface area contributed by atoms with Gasteiger partial charge in [0.1, 0.15) is 0 Å². The summed E-state index contributed by atoms with van der Waals surface area (Å²) in [5.41, 5.74) is 1.42. The summed E-state index contributed by atoms with van der Waals surface area (Å²) in [5.74, 6) is 0. The number of allylic oxidation sites excluding steroid dienone is 5. The zero-order valence-electron chi connectivity index (χ0n) is 6.93. The van der Waals surface area contributed by atoms with E-state index in [1.807, 2.05) is 6.08 Å². The van der Waals surface area contributed by atoms with E-state index in [9.17, 15) is 0 Å². The molecule has 0 nitrogen and oxygen atoms in total. The van der Waals surface area contributed by atoms with Gasteiger partial charge < -0.3 is 0 Å². The molecule has 0 aliphatic heterocycles. The van der Waals surface area contributed by atoms with E-state index in [1.54, 1.807) is 0 Å². The highest BCUT2D eigenvalue weighted by molar-refractivity contribution is 5.03. The molecule has 10 heavy (non-hydrogen) atoms. The van der Waals surface area contributed by atoms with Gasteiger partial charge in [-0.2, -0.15) is 0 Å². The van der Waals surface area contributed by atoms with Crippen LogP contribution in [0.1, 0.15) is 26.7 Å². The van der Waals surface area contributed by atoms with Gasteiger partial charge in [0.2, 0.25) is 0 Å². The summed E-state index contributed by atoms with van der Waals surface area (Å²) in [6, 6.07) is 0. The molecule has 0 spiro atoms. The lowest BCUT2D eigenvalue weighted by Gasteiger charge is -1.90. The van der Waals surface area contributed by atoms with Crippen molar-refractivity contribution in [1.82, 2.24) is 0 Å². The molecule has 0 saturated carbocycles. The van der Waals surface area contributed by atoms with Crippen LogP contribution in [0, 0.1) is 0 Å². The Hall–Kier alpha value is -0.780. The number of hydrogen-bond acceptors (Lipinski definition) is 0. The lowest BCUT2D eigenvalue weighted by atomic mass is 10.2. The highest BCUT2D eigenvalue weighted by Crippen LogP contribution is 2.00. The van der Waals surface area contributed by atoms with Crippen LogP contribution in [-0.2, 0) is 0 Å². The van der Waals surface area contributed by atoms with Crippen LogP contribution in [0.4, 0.5) is 0 Å². The van der Waals surface area contributed by atoms with Crippen molar-refractivity contribution in [3.8, 4) is 0 Å². The summed E-state index contributed by atoms with van der Waals surface area (Å²) in [6.07, 6.45) is 10.4. The highest BCUT2D eigenvalue weighted by atomic mass is 13.9. The molecule has 0 amide bonds. The maximum Gasteiger partial charge on any atom is -0.0142 e. The third-order valence-corrected chi connectivity index (χ3v) is 1.40. The summed E-state index contributed by atoms with van der Waals surface area (Å²) < 4.78 is 0. The van der Waals surface area contributed by atoms with Gasteiger partial charge in [0.25, 0.3) is 0 Å². The Morgan fingerprint density at radius 2 is 2.10 bits per heavy atom. The van der Waals surface area contributed by atoms with E-state index in [0.29, 0.717) is 0 Å². The molecule has 0 rings (SSSR count). The topological polar surface area (TPSA) is 0 Å². The zero-order valence-corrected chi connectivity index (χ0v) is 6.93. The minimum absolute atomic E-state index is 0.983. The molecule has 0 unspecified atom stereocenters. The monoisotopic (exact) mass is 136 g/mol. The molecular weight excluding hydrogens is 120 g/mol. The third kappa shape index (κ3) is 5.36. The normalized spacial score (nSPS) is 12.4. The SMILES string of the molecule is C=CC/C=C/C/C(C)=C/C. The second kappa shape index (κ2) is 6.34. The van der Waals surface area contributed by atoms with Crippen LogP contribution < -0.4 is 0 Å². The van der Waals surface area contributed by atoms with Crippen molar-refractivity contribution in [2.45, 2.75) is 26.7 Å². The summed E-state index contributed by atoms with van der Waals surface area (Å²) in [7, 11) is 0. The van der Waals surface area contributed by atoms with Crippen LogP contribution in [0.5, 0.6) is 0 Å². The fraction of sp³-hybridized carbons (Fsp3) is 0.400. The molecule has 0 heteroatoms. The Bertz CT molecular complexity index is 138. The standard InChI is InChI=1S/C10H16/c1-4-6-7-8-9-10(3)5-2/h4-5,7-8H,1,6,9H2,2-3H3/b8-7+,10-5+. The van der Waals surface area contributed by atoms with Crippen LogP contribution in [0.25, 0.3) is 0 Å². The van der Waals surface area contributed by atoms with Gasteiger partial charge in [0, 0.05) is 0 Å². The van der Waals surface area contributed by atoms with Gasteiger partial charge in [0.15, 0.2) is 0 Å². The molecule has 0 aromatic rings. The smallest absolute Gasteiger partial charge is 0.0142 e. The second-order valence-corrected chi connectivity index (χ2v) is 2.33. The van der Waals surface area contributed by atoms with Crippen molar-refractivity contribution in [3.63, 3.8) is 0 Å². The average molecular weight is 136 g/mol. The predicted molar refractivity (Wildman–Crippen MR) is 48.0 cm³/mol. The van der Waals surface area contributed by atoms with Crippen LogP contribution >= 0.6 is 0 Å². The van der Waals surface area contributed by atoms with Crippen LogP contribution in [0.15, 0.2) is 36.5 Å². The van der Waals surface area contributed by atoms with Crippen molar-refractivity contribution >= 4 is 0 Å². The minimum Gasteiger partial charge on any atom is -0.103 e. The number of hydrogen-bond donors (Lipinski definition) is 0. The molecule has 0 aromatic carbocycles. The van der Waals surface area contributed by atoms with Gasteiger partial charge in [0.05, 0.1) is 0 Å². The summed E-state index contributed by atoms with van der Waals surface area (Å²) in [4.78, 5) is 0. The molecule has 0 aliphatic rings. The van der Waals surface area contributed by atoms with Crippen LogP contribution in [-0.4, -0.2) is 0 Å². The third-order valence-electron chi connectivity index (χ3n) is 1.40. The molecule has 0 aliphatic carbocycles. The molecule has 0 N–H and O–H groups in total. The Labute approximate surface area is 64.0 Å². The van der Waals surface area contributed by atoms with Crippen LogP contribution in [0.2, 0.25) is 0 Å². The van der Waals surface area contributed by atoms with Gasteiger partial charge in [-0.1, -0.05) is 29.9 Å². The lowest BCUT2D eigenvalue weighted by molar-refractivity contribution is 1.18. The quantitative estimate of drug-likeness (QED) is 0.519. The number of rotatable bonds is 4. The van der Waals surface area contributed by atoms with Crippen molar-refractivity contribution in [1.29, 1.82) is 0 Å². The average Bonchev–Trinajstić information content (AvgIpc) is 1.98. The van der Waals surface area contributed by atoms with E-state index < -0.39 is 0 Å². The molecule has 0 heterocycles.